The average molecular weight is 215 g/mol. The zero-order valence-electron chi connectivity index (χ0n) is 9.70. The van der Waals surface area contributed by atoms with Crippen LogP contribution >= 0.6 is 0 Å². The van der Waals surface area contributed by atoms with Crippen molar-refractivity contribution in [2.24, 2.45) is 0 Å². The van der Waals surface area contributed by atoms with Gasteiger partial charge in [-0.1, -0.05) is 42.5 Å². The Morgan fingerprint density at radius 3 is 2.06 bits per heavy atom. The molecule has 0 unspecified atom stereocenters. The first-order chi connectivity index (χ1) is 7.34. The van der Waals surface area contributed by atoms with E-state index in [4.69, 9.17) is 0 Å². The number of fused-ring (bicyclic) bond motifs is 2. The van der Waals surface area contributed by atoms with Gasteiger partial charge in [0.05, 0.1) is 0 Å². The zero-order valence-corrected chi connectivity index (χ0v) is 11.7. The summed E-state index contributed by atoms with van der Waals surface area (Å²) in [4.78, 5) is 0. The molecule has 0 atom stereocenters. The molecule has 3 aromatic rings. The molecule has 0 aromatic heterocycles. The fourth-order valence-electron chi connectivity index (χ4n) is 2.12. The third-order valence-corrected chi connectivity index (χ3v) is 2.96. The third-order valence-electron chi connectivity index (χ3n) is 2.96. The molecular weight excluding hydrogens is 203 g/mol. The van der Waals surface area contributed by atoms with E-state index >= 15 is 0 Å². The molecule has 0 N–H and O–H groups in total. The van der Waals surface area contributed by atoms with Gasteiger partial charge in [0.25, 0.3) is 0 Å². The van der Waals surface area contributed by atoms with Crippen molar-refractivity contribution in [3.63, 3.8) is 0 Å². The van der Waals surface area contributed by atoms with E-state index in [0.29, 0.717) is 0 Å². The summed E-state index contributed by atoms with van der Waals surface area (Å²) in [5.74, 6) is 0. The fraction of sp³-hybridized carbons (Fsp3) is 0.0667. The minimum atomic E-state index is 0. The van der Waals surface area contributed by atoms with Crippen LogP contribution in [-0.4, -0.2) is 29.6 Å². The maximum absolute atomic E-state index is 2.28. The summed E-state index contributed by atoms with van der Waals surface area (Å²) in [5.41, 5.74) is 1.35. The SMILES string of the molecule is Cc1cccc2cc3ccccc3cc12.[Na]. The minimum absolute atomic E-state index is 0. The Hall–Kier alpha value is -0.820. The fourth-order valence-corrected chi connectivity index (χ4v) is 2.12. The van der Waals surface area contributed by atoms with Gasteiger partial charge in [0, 0.05) is 29.6 Å². The number of aryl methyl sites for hydroxylation is 1. The van der Waals surface area contributed by atoms with Crippen LogP contribution in [0.3, 0.4) is 0 Å². The number of benzene rings is 3. The van der Waals surface area contributed by atoms with Gasteiger partial charge in [0.15, 0.2) is 0 Å². The van der Waals surface area contributed by atoms with Crippen molar-refractivity contribution in [3.05, 3.63) is 60.2 Å². The second-order valence-electron chi connectivity index (χ2n) is 4.00. The summed E-state index contributed by atoms with van der Waals surface area (Å²) in [7, 11) is 0. The largest absolute Gasteiger partial charge is 0.0616 e. The minimum Gasteiger partial charge on any atom is -0.0616 e. The van der Waals surface area contributed by atoms with Gasteiger partial charge in [-0.3, -0.25) is 0 Å². The molecule has 0 saturated heterocycles. The molecule has 0 bridgehead atoms. The smallest absolute Gasteiger partial charge is 0 e. The van der Waals surface area contributed by atoms with Gasteiger partial charge in [-0.25, -0.2) is 0 Å². The van der Waals surface area contributed by atoms with Gasteiger partial charge in [-0.2, -0.15) is 0 Å². The average Bonchev–Trinajstić information content (AvgIpc) is 2.27. The molecule has 0 aliphatic carbocycles. The topological polar surface area (TPSA) is 0 Å². The molecule has 3 rings (SSSR count). The van der Waals surface area contributed by atoms with Crippen molar-refractivity contribution in [3.8, 4) is 0 Å². The Morgan fingerprint density at radius 1 is 0.688 bits per heavy atom. The maximum atomic E-state index is 2.28. The first-order valence-corrected chi connectivity index (χ1v) is 5.23. The quantitative estimate of drug-likeness (QED) is 0.394. The maximum Gasteiger partial charge on any atom is 0 e. The summed E-state index contributed by atoms with van der Waals surface area (Å²) >= 11 is 0. The van der Waals surface area contributed by atoms with Crippen molar-refractivity contribution in [2.45, 2.75) is 6.92 Å². The zero-order chi connectivity index (χ0) is 10.3. The third kappa shape index (κ3) is 1.89. The number of hydrogen-bond donors (Lipinski definition) is 0. The van der Waals surface area contributed by atoms with E-state index in [2.05, 4.69) is 61.5 Å². The normalized spacial score (nSPS) is 10.3. The van der Waals surface area contributed by atoms with Gasteiger partial charge in [0.2, 0.25) is 0 Å². The van der Waals surface area contributed by atoms with Crippen LogP contribution in [0.4, 0.5) is 0 Å². The van der Waals surface area contributed by atoms with E-state index < -0.39 is 0 Å². The Kier molecular flexibility index (Phi) is 3.34. The van der Waals surface area contributed by atoms with Gasteiger partial charge in [0.1, 0.15) is 0 Å². The Morgan fingerprint density at radius 2 is 1.31 bits per heavy atom. The number of rotatable bonds is 0. The first-order valence-electron chi connectivity index (χ1n) is 5.23. The summed E-state index contributed by atoms with van der Waals surface area (Å²) in [5, 5.41) is 5.32. The van der Waals surface area contributed by atoms with E-state index in [1.807, 2.05) is 0 Å². The summed E-state index contributed by atoms with van der Waals surface area (Å²) < 4.78 is 0. The molecule has 0 nitrogen and oxygen atoms in total. The van der Waals surface area contributed by atoms with Crippen LogP contribution in [0.1, 0.15) is 5.56 Å². The van der Waals surface area contributed by atoms with Crippen LogP contribution in [-0.2, 0) is 0 Å². The molecule has 3 aromatic carbocycles. The molecule has 1 heteroatoms. The Balaban J connectivity index is 0.000000963. The number of hydrogen-bond acceptors (Lipinski definition) is 0. The van der Waals surface area contributed by atoms with Crippen LogP contribution in [0.2, 0.25) is 0 Å². The van der Waals surface area contributed by atoms with Crippen molar-refractivity contribution >= 4 is 51.1 Å². The van der Waals surface area contributed by atoms with Crippen LogP contribution in [0.25, 0.3) is 21.5 Å². The second-order valence-corrected chi connectivity index (χ2v) is 4.00. The molecule has 1 radical (unpaired) electrons. The Labute approximate surface area is 118 Å². The molecule has 73 valence electrons. The van der Waals surface area contributed by atoms with Crippen LogP contribution in [0, 0.1) is 6.92 Å². The van der Waals surface area contributed by atoms with Gasteiger partial charge in [-0.15, -0.1) is 0 Å². The molecule has 0 amide bonds. The van der Waals surface area contributed by atoms with Crippen molar-refractivity contribution < 1.29 is 0 Å². The van der Waals surface area contributed by atoms with Crippen molar-refractivity contribution in [2.75, 3.05) is 0 Å². The van der Waals surface area contributed by atoms with E-state index in [1.54, 1.807) is 0 Å². The van der Waals surface area contributed by atoms with E-state index in [-0.39, 0.29) is 29.6 Å². The molecule has 0 fully saturated rings. The molecule has 0 spiro atoms. The predicted octanol–water partition coefficient (Wildman–Crippen LogP) is 3.92. The Bertz CT molecular complexity index is 641. The molecule has 16 heavy (non-hydrogen) atoms. The first kappa shape index (κ1) is 11.7. The monoisotopic (exact) mass is 215 g/mol. The van der Waals surface area contributed by atoms with E-state index in [0.717, 1.165) is 0 Å². The van der Waals surface area contributed by atoms with E-state index in [1.165, 1.54) is 27.1 Å². The molecular formula is C15H12Na. The predicted molar refractivity (Wildman–Crippen MR) is 71.9 cm³/mol. The van der Waals surface area contributed by atoms with Crippen LogP contribution in [0.15, 0.2) is 54.6 Å². The molecule has 0 aliphatic heterocycles. The van der Waals surface area contributed by atoms with Gasteiger partial charge in [-0.05, 0) is 46.2 Å². The van der Waals surface area contributed by atoms with Crippen molar-refractivity contribution in [1.82, 2.24) is 0 Å². The molecule has 0 saturated carbocycles. The summed E-state index contributed by atoms with van der Waals surface area (Å²) in [6.07, 6.45) is 0. The van der Waals surface area contributed by atoms with E-state index in [9.17, 15) is 0 Å². The van der Waals surface area contributed by atoms with Crippen LogP contribution in [0.5, 0.6) is 0 Å². The van der Waals surface area contributed by atoms with Gasteiger partial charge >= 0.3 is 0 Å². The summed E-state index contributed by atoms with van der Waals surface area (Å²) in [6, 6.07) is 19.5. The van der Waals surface area contributed by atoms with Crippen molar-refractivity contribution in [1.29, 1.82) is 0 Å². The molecule has 0 heterocycles. The standard InChI is InChI=1S/C15H12.Na/c1-11-5-4-8-14-9-12-6-2-3-7-13(12)10-15(11)14;/h2-10H,1H3;. The van der Waals surface area contributed by atoms with Gasteiger partial charge < -0.3 is 0 Å². The molecule has 0 aliphatic rings. The van der Waals surface area contributed by atoms with Crippen LogP contribution < -0.4 is 0 Å². The second kappa shape index (κ2) is 4.58. The summed E-state index contributed by atoms with van der Waals surface area (Å²) in [6.45, 7) is 2.16.